The predicted molar refractivity (Wildman–Crippen MR) is 171 cm³/mol. The first-order valence-corrected chi connectivity index (χ1v) is 17.3. The van der Waals surface area contributed by atoms with Gasteiger partial charge in [0.2, 0.25) is 0 Å². The molecule has 0 radical (unpaired) electrons. The fourth-order valence-corrected chi connectivity index (χ4v) is 5.25. The third-order valence-electron chi connectivity index (χ3n) is 8.40. The maximum absolute atomic E-state index is 12.7. The van der Waals surface area contributed by atoms with E-state index >= 15 is 0 Å². The molecule has 5 nitrogen and oxygen atoms in total. The molecule has 2 atom stereocenters. The van der Waals surface area contributed by atoms with Crippen molar-refractivity contribution in [1.29, 1.82) is 0 Å². The maximum Gasteiger partial charge on any atom is 0.309 e. The summed E-state index contributed by atoms with van der Waals surface area (Å²) in [5.74, 6) is 0.341. The van der Waals surface area contributed by atoms with Crippen LogP contribution in [-0.2, 0) is 19.1 Å². The van der Waals surface area contributed by atoms with Crippen LogP contribution in [0.2, 0.25) is 0 Å². The topological polar surface area (TPSA) is 55.8 Å². The highest BCUT2D eigenvalue weighted by Gasteiger charge is 2.21. The Balaban J connectivity index is 4.20. The van der Waals surface area contributed by atoms with E-state index in [1.165, 1.54) is 96.3 Å². The van der Waals surface area contributed by atoms with E-state index in [1.807, 2.05) is 21.0 Å². The van der Waals surface area contributed by atoms with Crippen molar-refractivity contribution in [3.63, 3.8) is 0 Å². The standard InChI is InChI=1S/C35H69NO4/c1-7-10-11-12-13-14-15-16-17-18-19-20-24-27-34(37)39-30-33(26-23-21-22-25-32(8-2)9-3)40-35(38)31(4)28-29-36(5)6/h31-33H,7-30H2,1-6H3. The Kier molecular flexibility index (Phi) is 27.3. The number of nitrogens with zero attached hydrogens (tertiary/aromatic N) is 1. The van der Waals surface area contributed by atoms with Crippen LogP contribution in [-0.4, -0.2) is 50.2 Å². The van der Waals surface area contributed by atoms with Crippen LogP contribution in [0, 0.1) is 11.8 Å². The van der Waals surface area contributed by atoms with Crippen molar-refractivity contribution in [3.05, 3.63) is 0 Å². The number of hydrogen-bond acceptors (Lipinski definition) is 5. The van der Waals surface area contributed by atoms with E-state index in [4.69, 9.17) is 9.47 Å². The maximum atomic E-state index is 12.7. The van der Waals surface area contributed by atoms with Gasteiger partial charge in [-0.2, -0.15) is 0 Å². The molecule has 0 aromatic carbocycles. The Morgan fingerprint density at radius 2 is 1.15 bits per heavy atom. The lowest BCUT2D eigenvalue weighted by molar-refractivity contribution is -0.162. The van der Waals surface area contributed by atoms with E-state index in [2.05, 4.69) is 25.7 Å². The molecule has 0 amide bonds. The van der Waals surface area contributed by atoms with Gasteiger partial charge in [-0.05, 0) is 52.2 Å². The molecule has 0 heterocycles. The summed E-state index contributed by atoms with van der Waals surface area (Å²) in [6.07, 6.45) is 25.6. The molecule has 2 unspecified atom stereocenters. The lowest BCUT2D eigenvalue weighted by atomic mass is 9.95. The molecular formula is C35H69NO4. The van der Waals surface area contributed by atoms with Crippen molar-refractivity contribution in [1.82, 2.24) is 4.90 Å². The zero-order chi connectivity index (χ0) is 29.8. The highest BCUT2D eigenvalue weighted by molar-refractivity contribution is 5.72. The summed E-state index contributed by atoms with van der Waals surface area (Å²) in [4.78, 5) is 27.2. The van der Waals surface area contributed by atoms with E-state index in [0.29, 0.717) is 6.42 Å². The van der Waals surface area contributed by atoms with Crippen LogP contribution in [0.25, 0.3) is 0 Å². The number of esters is 2. The lowest BCUT2D eigenvalue weighted by Gasteiger charge is -2.21. The van der Waals surface area contributed by atoms with Gasteiger partial charge < -0.3 is 14.4 Å². The summed E-state index contributed by atoms with van der Waals surface area (Å²) in [7, 11) is 4.03. The fraction of sp³-hybridized carbons (Fsp3) is 0.943. The molecule has 0 saturated heterocycles. The summed E-state index contributed by atoms with van der Waals surface area (Å²) in [5, 5.41) is 0. The minimum Gasteiger partial charge on any atom is -0.462 e. The number of unbranched alkanes of at least 4 members (excludes halogenated alkanes) is 14. The van der Waals surface area contributed by atoms with E-state index in [-0.39, 0.29) is 30.6 Å². The SMILES string of the molecule is CCCCCCCCCCCCCCCC(=O)OCC(CCCCCC(CC)CC)OC(=O)C(C)CCN(C)C. The molecule has 0 rings (SSSR count). The molecule has 238 valence electrons. The summed E-state index contributed by atoms with van der Waals surface area (Å²) in [6.45, 7) is 9.79. The summed E-state index contributed by atoms with van der Waals surface area (Å²) in [6, 6.07) is 0. The van der Waals surface area contributed by atoms with Crippen LogP contribution in [0.1, 0.15) is 169 Å². The second-order valence-corrected chi connectivity index (χ2v) is 12.5. The molecule has 0 saturated carbocycles. The van der Waals surface area contributed by atoms with Gasteiger partial charge in [-0.15, -0.1) is 0 Å². The summed E-state index contributed by atoms with van der Waals surface area (Å²) >= 11 is 0. The first kappa shape index (κ1) is 38.9. The molecule has 0 aliphatic heterocycles. The normalized spacial score (nSPS) is 13.1. The van der Waals surface area contributed by atoms with Gasteiger partial charge in [-0.1, -0.05) is 137 Å². The number of ether oxygens (including phenoxy) is 2. The molecule has 0 aromatic rings. The van der Waals surface area contributed by atoms with Crippen molar-refractivity contribution in [2.45, 2.75) is 175 Å². The fourth-order valence-electron chi connectivity index (χ4n) is 5.25. The molecule has 40 heavy (non-hydrogen) atoms. The monoisotopic (exact) mass is 568 g/mol. The molecule has 0 fully saturated rings. The molecule has 0 bridgehead atoms. The van der Waals surface area contributed by atoms with Gasteiger partial charge in [0.15, 0.2) is 0 Å². The largest absolute Gasteiger partial charge is 0.462 e. The van der Waals surface area contributed by atoms with Crippen LogP contribution in [0.4, 0.5) is 0 Å². The number of carbonyl (C=O) groups is 2. The minimum atomic E-state index is -0.335. The molecule has 0 N–H and O–H groups in total. The van der Waals surface area contributed by atoms with E-state index in [0.717, 1.165) is 51.0 Å². The lowest BCUT2D eigenvalue weighted by Crippen LogP contribution is -2.29. The zero-order valence-electron chi connectivity index (χ0n) is 27.8. The van der Waals surface area contributed by atoms with Gasteiger partial charge in [-0.3, -0.25) is 9.59 Å². The van der Waals surface area contributed by atoms with Crippen LogP contribution >= 0.6 is 0 Å². The second-order valence-electron chi connectivity index (χ2n) is 12.5. The van der Waals surface area contributed by atoms with Gasteiger partial charge in [0.25, 0.3) is 0 Å². The summed E-state index contributed by atoms with van der Waals surface area (Å²) in [5.41, 5.74) is 0. The highest BCUT2D eigenvalue weighted by Crippen LogP contribution is 2.19. The van der Waals surface area contributed by atoms with Crippen LogP contribution in [0.15, 0.2) is 0 Å². The smallest absolute Gasteiger partial charge is 0.309 e. The van der Waals surface area contributed by atoms with Crippen molar-refractivity contribution >= 4 is 11.9 Å². The second kappa shape index (κ2) is 28.0. The van der Waals surface area contributed by atoms with Crippen molar-refractivity contribution in [2.24, 2.45) is 11.8 Å². The Bertz CT molecular complexity index is 576. The molecular weight excluding hydrogens is 498 g/mol. The predicted octanol–water partition coefficient (Wildman–Crippen LogP) is 9.90. The molecule has 0 aromatic heterocycles. The molecule has 0 spiro atoms. The van der Waals surface area contributed by atoms with Crippen LogP contribution in [0.3, 0.4) is 0 Å². The highest BCUT2D eigenvalue weighted by atomic mass is 16.6. The van der Waals surface area contributed by atoms with Crippen molar-refractivity contribution < 1.29 is 19.1 Å². The third kappa shape index (κ3) is 24.7. The van der Waals surface area contributed by atoms with Gasteiger partial charge in [0, 0.05) is 6.42 Å². The van der Waals surface area contributed by atoms with E-state index in [9.17, 15) is 9.59 Å². The van der Waals surface area contributed by atoms with E-state index < -0.39 is 0 Å². The Morgan fingerprint density at radius 3 is 1.68 bits per heavy atom. The zero-order valence-corrected chi connectivity index (χ0v) is 27.8. The number of hydrogen-bond donors (Lipinski definition) is 0. The number of carbonyl (C=O) groups excluding carboxylic acids is 2. The Morgan fingerprint density at radius 1 is 0.650 bits per heavy atom. The van der Waals surface area contributed by atoms with Crippen LogP contribution < -0.4 is 0 Å². The van der Waals surface area contributed by atoms with Gasteiger partial charge in [0.05, 0.1) is 5.92 Å². The van der Waals surface area contributed by atoms with E-state index in [1.54, 1.807) is 0 Å². The van der Waals surface area contributed by atoms with Gasteiger partial charge in [0.1, 0.15) is 12.7 Å². The van der Waals surface area contributed by atoms with Crippen molar-refractivity contribution in [3.8, 4) is 0 Å². The molecule has 0 aliphatic carbocycles. The first-order chi connectivity index (χ1) is 19.3. The average Bonchev–Trinajstić information content (AvgIpc) is 2.94. The van der Waals surface area contributed by atoms with Crippen molar-refractivity contribution in [2.75, 3.05) is 27.2 Å². The minimum absolute atomic E-state index is 0.152. The Labute approximate surface area is 249 Å². The Hall–Kier alpha value is -1.10. The quantitative estimate of drug-likeness (QED) is 0.0665. The van der Waals surface area contributed by atoms with Gasteiger partial charge >= 0.3 is 11.9 Å². The number of rotatable bonds is 29. The average molecular weight is 568 g/mol. The summed E-state index contributed by atoms with van der Waals surface area (Å²) < 4.78 is 11.4. The molecule has 5 heteroatoms. The molecule has 0 aliphatic rings. The third-order valence-corrected chi connectivity index (χ3v) is 8.40. The first-order valence-electron chi connectivity index (χ1n) is 17.3. The van der Waals surface area contributed by atoms with Gasteiger partial charge in [-0.25, -0.2) is 0 Å². The van der Waals surface area contributed by atoms with Crippen LogP contribution in [0.5, 0.6) is 0 Å².